The Morgan fingerprint density at radius 3 is 2.83 bits per heavy atom. The third-order valence-corrected chi connectivity index (χ3v) is 2.56. The van der Waals surface area contributed by atoms with Crippen LogP contribution in [0, 0.1) is 0 Å². The Labute approximate surface area is 106 Å². The number of benzene rings is 1. The second-order valence-corrected chi connectivity index (χ2v) is 4.14. The van der Waals surface area contributed by atoms with Crippen molar-refractivity contribution >= 4 is 5.91 Å². The van der Waals surface area contributed by atoms with Crippen LogP contribution < -0.4 is 5.32 Å². The maximum absolute atomic E-state index is 11.5. The molecule has 1 aromatic carbocycles. The lowest BCUT2D eigenvalue weighted by atomic mass is 10.1. The lowest BCUT2D eigenvalue weighted by Gasteiger charge is -2.08. The van der Waals surface area contributed by atoms with Crippen molar-refractivity contribution in [3.63, 3.8) is 0 Å². The summed E-state index contributed by atoms with van der Waals surface area (Å²) in [5.41, 5.74) is 0.903. The molecule has 0 saturated heterocycles. The Bertz CT molecular complexity index is 381. The number of aryl methyl sites for hydroxylation is 1. The number of aromatic hydroxyl groups is 1. The lowest BCUT2D eigenvalue weighted by Crippen LogP contribution is -2.28. The molecule has 100 valence electrons. The summed E-state index contributed by atoms with van der Waals surface area (Å²) in [6.45, 7) is 0.0553. The first-order chi connectivity index (χ1) is 8.61. The number of aliphatic hydroxyl groups is 2. The smallest absolute Gasteiger partial charge is 0.220 e. The van der Waals surface area contributed by atoms with Crippen LogP contribution in [-0.4, -0.2) is 40.5 Å². The number of phenols is 1. The maximum Gasteiger partial charge on any atom is 0.220 e. The molecule has 1 aromatic rings. The number of phenolic OH excluding ortho intramolecular Hbond substituents is 1. The van der Waals surface area contributed by atoms with Gasteiger partial charge in [-0.25, -0.2) is 0 Å². The molecule has 5 heteroatoms. The van der Waals surface area contributed by atoms with E-state index in [9.17, 15) is 9.90 Å². The van der Waals surface area contributed by atoms with Crippen LogP contribution in [0.25, 0.3) is 0 Å². The average molecular weight is 253 g/mol. The Morgan fingerprint density at radius 1 is 1.39 bits per heavy atom. The van der Waals surface area contributed by atoms with E-state index >= 15 is 0 Å². The number of carbonyl (C=O) groups is 1. The Kier molecular flexibility index (Phi) is 6.18. The summed E-state index contributed by atoms with van der Waals surface area (Å²) in [6.07, 6.45) is 0.451. The predicted octanol–water partition coefficient (Wildman–Crippen LogP) is 0.184. The fraction of sp³-hybridized carbons (Fsp3) is 0.462. The molecule has 0 aliphatic carbocycles. The second-order valence-electron chi connectivity index (χ2n) is 4.14. The highest BCUT2D eigenvalue weighted by Gasteiger charge is 2.05. The standard InChI is InChI=1S/C13H19NO4/c15-9-12(17)6-7-14-13(18)5-4-10-2-1-3-11(16)8-10/h1-3,8,12,15-17H,4-7,9H2,(H,14,18)/t12-/m1/s1. The number of rotatable bonds is 7. The first-order valence-corrected chi connectivity index (χ1v) is 5.95. The largest absolute Gasteiger partial charge is 0.508 e. The summed E-state index contributed by atoms with van der Waals surface area (Å²) in [4.78, 5) is 11.5. The normalized spacial score (nSPS) is 12.1. The van der Waals surface area contributed by atoms with Gasteiger partial charge in [0.15, 0.2) is 0 Å². The molecule has 1 amide bonds. The molecule has 0 aromatic heterocycles. The Balaban J connectivity index is 2.21. The number of carbonyl (C=O) groups excluding carboxylic acids is 1. The van der Waals surface area contributed by atoms with Gasteiger partial charge >= 0.3 is 0 Å². The molecule has 0 fully saturated rings. The highest BCUT2D eigenvalue weighted by Crippen LogP contribution is 2.12. The molecule has 0 aliphatic heterocycles. The number of aliphatic hydroxyl groups excluding tert-OH is 2. The van der Waals surface area contributed by atoms with E-state index in [-0.39, 0.29) is 18.3 Å². The van der Waals surface area contributed by atoms with Gasteiger partial charge in [-0.05, 0) is 30.5 Å². The molecule has 18 heavy (non-hydrogen) atoms. The topological polar surface area (TPSA) is 89.8 Å². The molecule has 0 unspecified atom stereocenters. The highest BCUT2D eigenvalue weighted by atomic mass is 16.3. The van der Waals surface area contributed by atoms with Crippen molar-refractivity contribution < 1.29 is 20.1 Å². The quantitative estimate of drug-likeness (QED) is 0.558. The summed E-state index contributed by atoms with van der Waals surface area (Å²) >= 11 is 0. The molecule has 0 heterocycles. The zero-order chi connectivity index (χ0) is 13.4. The van der Waals surface area contributed by atoms with Gasteiger partial charge < -0.3 is 20.6 Å². The average Bonchev–Trinajstić information content (AvgIpc) is 2.36. The number of hydrogen-bond acceptors (Lipinski definition) is 4. The fourth-order valence-electron chi connectivity index (χ4n) is 1.53. The monoisotopic (exact) mass is 253 g/mol. The molecule has 0 aliphatic rings. The molecule has 1 rings (SSSR count). The predicted molar refractivity (Wildman–Crippen MR) is 67.1 cm³/mol. The van der Waals surface area contributed by atoms with Crippen LogP contribution in [0.3, 0.4) is 0 Å². The molecule has 0 spiro atoms. The molecule has 4 N–H and O–H groups in total. The van der Waals surface area contributed by atoms with E-state index in [4.69, 9.17) is 10.2 Å². The van der Waals surface area contributed by atoms with Gasteiger partial charge in [0.25, 0.3) is 0 Å². The molecule has 0 radical (unpaired) electrons. The third kappa shape index (κ3) is 5.65. The van der Waals surface area contributed by atoms with Crippen molar-refractivity contribution in [1.82, 2.24) is 5.32 Å². The van der Waals surface area contributed by atoms with Crippen LogP contribution in [-0.2, 0) is 11.2 Å². The van der Waals surface area contributed by atoms with Gasteiger partial charge in [0.1, 0.15) is 5.75 Å². The maximum atomic E-state index is 11.5. The van der Waals surface area contributed by atoms with Gasteiger partial charge in [0, 0.05) is 13.0 Å². The van der Waals surface area contributed by atoms with Crippen LogP contribution in [0.4, 0.5) is 0 Å². The first-order valence-electron chi connectivity index (χ1n) is 5.95. The van der Waals surface area contributed by atoms with Crippen molar-refractivity contribution in [2.24, 2.45) is 0 Å². The van der Waals surface area contributed by atoms with Crippen molar-refractivity contribution in [3.05, 3.63) is 29.8 Å². The van der Waals surface area contributed by atoms with Crippen molar-refractivity contribution in [1.29, 1.82) is 0 Å². The van der Waals surface area contributed by atoms with Crippen molar-refractivity contribution in [3.8, 4) is 5.75 Å². The zero-order valence-electron chi connectivity index (χ0n) is 10.2. The molecule has 5 nitrogen and oxygen atoms in total. The fourth-order valence-corrected chi connectivity index (χ4v) is 1.53. The van der Waals surface area contributed by atoms with Crippen LogP contribution in [0.15, 0.2) is 24.3 Å². The summed E-state index contributed by atoms with van der Waals surface area (Å²) in [5.74, 6) is 0.0856. The Hall–Kier alpha value is -1.59. The SMILES string of the molecule is O=C(CCc1cccc(O)c1)NCC[C@@H](O)CO. The van der Waals surface area contributed by atoms with Gasteiger partial charge in [0.05, 0.1) is 12.7 Å². The van der Waals surface area contributed by atoms with Crippen molar-refractivity contribution in [2.75, 3.05) is 13.2 Å². The van der Waals surface area contributed by atoms with Crippen LogP contribution in [0.2, 0.25) is 0 Å². The summed E-state index contributed by atoms with van der Waals surface area (Å²) in [5, 5.41) is 29.6. The van der Waals surface area contributed by atoms with Gasteiger partial charge in [-0.1, -0.05) is 12.1 Å². The summed E-state index contributed by atoms with van der Waals surface area (Å²) in [6, 6.07) is 6.80. The van der Waals surface area contributed by atoms with E-state index in [0.717, 1.165) is 5.56 Å². The molecular formula is C13H19NO4. The van der Waals surface area contributed by atoms with Crippen LogP contribution >= 0.6 is 0 Å². The summed E-state index contributed by atoms with van der Waals surface area (Å²) < 4.78 is 0. The summed E-state index contributed by atoms with van der Waals surface area (Å²) in [7, 11) is 0. The van der Waals surface area contributed by atoms with Gasteiger partial charge in [-0.15, -0.1) is 0 Å². The number of hydrogen-bond donors (Lipinski definition) is 4. The number of amides is 1. The molecular weight excluding hydrogens is 234 g/mol. The second kappa shape index (κ2) is 7.68. The minimum Gasteiger partial charge on any atom is -0.508 e. The molecule has 0 bridgehead atoms. The minimum atomic E-state index is -0.781. The van der Waals surface area contributed by atoms with E-state index in [1.165, 1.54) is 0 Å². The minimum absolute atomic E-state index is 0.108. The lowest BCUT2D eigenvalue weighted by molar-refractivity contribution is -0.121. The molecule has 0 saturated carbocycles. The van der Waals surface area contributed by atoms with Crippen molar-refractivity contribution in [2.45, 2.75) is 25.4 Å². The third-order valence-electron chi connectivity index (χ3n) is 2.56. The van der Waals surface area contributed by atoms with Gasteiger partial charge in [-0.2, -0.15) is 0 Å². The van der Waals surface area contributed by atoms with Crippen LogP contribution in [0.5, 0.6) is 5.75 Å². The van der Waals surface area contributed by atoms with Gasteiger partial charge in [0.2, 0.25) is 5.91 Å². The number of nitrogens with one attached hydrogen (secondary N) is 1. The van der Waals surface area contributed by atoms with E-state index < -0.39 is 6.10 Å². The van der Waals surface area contributed by atoms with Gasteiger partial charge in [-0.3, -0.25) is 4.79 Å². The van der Waals surface area contributed by atoms with E-state index in [1.54, 1.807) is 18.2 Å². The zero-order valence-corrected chi connectivity index (χ0v) is 10.2. The van der Waals surface area contributed by atoms with Crippen LogP contribution in [0.1, 0.15) is 18.4 Å². The van der Waals surface area contributed by atoms with E-state index in [0.29, 0.717) is 25.8 Å². The highest BCUT2D eigenvalue weighted by molar-refractivity contribution is 5.76. The van der Waals surface area contributed by atoms with E-state index in [1.807, 2.05) is 6.07 Å². The van der Waals surface area contributed by atoms with E-state index in [2.05, 4.69) is 5.32 Å². The molecule has 1 atom stereocenters. The Morgan fingerprint density at radius 2 is 2.17 bits per heavy atom. The first kappa shape index (κ1) is 14.5.